The lowest BCUT2D eigenvalue weighted by Gasteiger charge is -1.94. The fraction of sp³-hybridized carbons (Fsp3) is 0.556. The second-order valence-electron chi connectivity index (χ2n) is 3.18. The summed E-state index contributed by atoms with van der Waals surface area (Å²) < 4.78 is 0. The minimum absolute atomic E-state index is 0.0864. The molecule has 2 aliphatic rings. The van der Waals surface area contributed by atoms with Gasteiger partial charge >= 0.3 is 0 Å². The molecule has 1 saturated carbocycles. The van der Waals surface area contributed by atoms with E-state index in [0.717, 1.165) is 0 Å². The minimum atomic E-state index is -0.0864. The molecule has 0 N–H and O–H groups in total. The van der Waals surface area contributed by atoms with E-state index in [2.05, 4.69) is 10.3 Å². The van der Waals surface area contributed by atoms with E-state index in [0.29, 0.717) is 17.5 Å². The predicted molar refractivity (Wildman–Crippen MR) is 53.3 cm³/mol. The first-order valence-corrected chi connectivity index (χ1v) is 5.31. The third-order valence-corrected chi connectivity index (χ3v) is 3.07. The molecule has 0 bridgehead atoms. The van der Waals surface area contributed by atoms with E-state index in [1.54, 1.807) is 18.7 Å². The van der Waals surface area contributed by atoms with Crippen molar-refractivity contribution in [1.29, 1.82) is 0 Å². The van der Waals surface area contributed by atoms with E-state index in [4.69, 9.17) is 0 Å². The van der Waals surface area contributed by atoms with Crippen LogP contribution in [0.1, 0.15) is 26.2 Å². The summed E-state index contributed by atoms with van der Waals surface area (Å²) in [4.78, 5) is 16.1. The van der Waals surface area contributed by atoms with Crippen molar-refractivity contribution in [1.82, 2.24) is 5.32 Å². The maximum absolute atomic E-state index is 11.0. The number of rotatable bonds is 2. The van der Waals surface area contributed by atoms with Gasteiger partial charge in [-0.05, 0) is 18.8 Å². The molecule has 1 heterocycles. The zero-order valence-electron chi connectivity index (χ0n) is 7.49. The van der Waals surface area contributed by atoms with Gasteiger partial charge in [-0.3, -0.25) is 4.79 Å². The molecule has 0 aromatic heterocycles. The lowest BCUT2D eigenvalue weighted by Crippen LogP contribution is -2.03. The Morgan fingerprint density at radius 1 is 1.77 bits per heavy atom. The highest BCUT2D eigenvalue weighted by Gasteiger charge is 2.30. The lowest BCUT2D eigenvalue weighted by atomic mass is 10.4. The van der Waals surface area contributed by atoms with E-state index >= 15 is 0 Å². The summed E-state index contributed by atoms with van der Waals surface area (Å²) in [6, 6.07) is 0. The molecule has 1 aliphatic carbocycles. The van der Waals surface area contributed by atoms with Crippen LogP contribution in [0, 0.1) is 5.92 Å². The molecule has 1 fully saturated rings. The maximum Gasteiger partial charge on any atom is 0.247 e. The first-order chi connectivity index (χ1) is 6.29. The number of thioether (sulfide) groups is 1. The molecular weight excluding hydrogens is 184 g/mol. The van der Waals surface area contributed by atoms with Crippen molar-refractivity contribution in [2.75, 3.05) is 0 Å². The highest BCUT2D eigenvalue weighted by atomic mass is 32.2. The third kappa shape index (κ3) is 2.12. The second kappa shape index (κ2) is 3.54. The molecule has 4 heteroatoms. The van der Waals surface area contributed by atoms with Gasteiger partial charge in [-0.1, -0.05) is 18.7 Å². The summed E-state index contributed by atoms with van der Waals surface area (Å²) in [5.41, 5.74) is 0. The number of amidine groups is 1. The topological polar surface area (TPSA) is 43.5 Å². The third-order valence-electron chi connectivity index (χ3n) is 2.01. The van der Waals surface area contributed by atoms with Crippen LogP contribution in [-0.4, -0.2) is 11.1 Å². The molecule has 0 atom stereocenters. The van der Waals surface area contributed by atoms with E-state index in [9.17, 15) is 4.79 Å². The van der Waals surface area contributed by atoms with Gasteiger partial charge in [0.25, 0.3) is 0 Å². The molecule has 1 amide bonds. The Bertz CT molecular complexity index is 292. The normalized spacial score (nSPS) is 24.4. The van der Waals surface area contributed by atoms with E-state index in [-0.39, 0.29) is 5.91 Å². The fourth-order valence-electron chi connectivity index (χ4n) is 1.07. The van der Waals surface area contributed by atoms with Gasteiger partial charge in [0.2, 0.25) is 5.91 Å². The van der Waals surface area contributed by atoms with Crippen LogP contribution in [0.15, 0.2) is 16.1 Å². The average molecular weight is 195 g/mol. The van der Waals surface area contributed by atoms with Gasteiger partial charge in [-0.2, -0.15) is 4.99 Å². The Labute approximate surface area is 81.7 Å². The molecule has 0 aromatic carbocycles. The monoisotopic (exact) mass is 195 g/mol. The smallest absolute Gasteiger partial charge is 0.247 e. The number of allylic oxidation sites excluding steroid dienone is 1. The van der Waals surface area contributed by atoms with Crippen molar-refractivity contribution in [2.45, 2.75) is 26.2 Å². The zero-order valence-corrected chi connectivity index (χ0v) is 8.30. The van der Waals surface area contributed by atoms with E-state index in [1.165, 1.54) is 17.7 Å². The Kier molecular flexibility index (Phi) is 2.40. The number of hydrogen-bond acceptors (Lipinski definition) is 2. The molecule has 0 aromatic rings. The Morgan fingerprint density at radius 3 is 3.15 bits per heavy atom. The van der Waals surface area contributed by atoms with Gasteiger partial charge in [-0.15, -0.1) is 0 Å². The van der Waals surface area contributed by atoms with Crippen molar-refractivity contribution in [2.24, 2.45) is 10.9 Å². The summed E-state index contributed by atoms with van der Waals surface area (Å²) in [7, 11) is 0. The minimum Gasteiger partial charge on any atom is -0.273 e. The van der Waals surface area contributed by atoms with Crippen LogP contribution >= 0.6 is 11.8 Å². The molecule has 0 unspecified atom stereocenters. The molecular formula is C9H11N2OS. The Morgan fingerprint density at radius 2 is 2.54 bits per heavy atom. The number of amides is 1. The fourth-order valence-corrected chi connectivity index (χ4v) is 2.04. The summed E-state index contributed by atoms with van der Waals surface area (Å²) in [5.74, 6) is 0.620. The molecule has 1 radical (unpaired) electrons. The molecule has 3 nitrogen and oxygen atoms in total. The molecule has 1 aliphatic heterocycles. The molecule has 0 spiro atoms. The Balaban J connectivity index is 1.93. The van der Waals surface area contributed by atoms with Crippen LogP contribution in [0.25, 0.3) is 0 Å². The number of nitrogens with zero attached hydrogens (tertiary/aromatic N) is 2. The number of hydrogen-bond donors (Lipinski definition) is 0. The van der Waals surface area contributed by atoms with Crippen molar-refractivity contribution in [3.8, 4) is 0 Å². The number of carbonyl (C=O) groups excluding carboxylic acids is 1. The lowest BCUT2D eigenvalue weighted by molar-refractivity contribution is -0.117. The molecule has 2 rings (SSSR count). The van der Waals surface area contributed by atoms with Gasteiger partial charge in [-0.25, -0.2) is 5.32 Å². The summed E-state index contributed by atoms with van der Waals surface area (Å²) >= 11 is 1.55. The zero-order chi connectivity index (χ0) is 9.26. The van der Waals surface area contributed by atoms with Gasteiger partial charge in [0.15, 0.2) is 5.17 Å². The van der Waals surface area contributed by atoms with Crippen LogP contribution in [-0.2, 0) is 4.79 Å². The molecule has 0 saturated heterocycles. The quantitative estimate of drug-likeness (QED) is 0.675. The first kappa shape index (κ1) is 8.81. The van der Waals surface area contributed by atoms with Gasteiger partial charge in [0.1, 0.15) is 0 Å². The largest absolute Gasteiger partial charge is 0.273 e. The van der Waals surface area contributed by atoms with Gasteiger partial charge < -0.3 is 0 Å². The Hall–Kier alpha value is -0.770. The highest BCUT2D eigenvalue weighted by Crippen LogP contribution is 2.44. The van der Waals surface area contributed by atoms with Crippen molar-refractivity contribution >= 4 is 22.8 Å². The van der Waals surface area contributed by atoms with Crippen LogP contribution in [0.4, 0.5) is 0 Å². The number of aliphatic imine (C=N–C) groups is 1. The SMILES string of the molecule is CCC(=O)N=C1[N]C=C(C2CC2)S1. The van der Waals surface area contributed by atoms with Crippen LogP contribution in [0.2, 0.25) is 0 Å². The summed E-state index contributed by atoms with van der Waals surface area (Å²) in [6.45, 7) is 1.81. The van der Waals surface area contributed by atoms with Crippen LogP contribution in [0.5, 0.6) is 0 Å². The second-order valence-corrected chi connectivity index (χ2v) is 4.22. The average Bonchev–Trinajstić information content (AvgIpc) is 2.88. The highest BCUT2D eigenvalue weighted by molar-refractivity contribution is 8.17. The van der Waals surface area contributed by atoms with Gasteiger partial charge in [0, 0.05) is 17.5 Å². The van der Waals surface area contributed by atoms with E-state index in [1.807, 2.05) is 6.20 Å². The van der Waals surface area contributed by atoms with Crippen molar-refractivity contribution in [3.63, 3.8) is 0 Å². The molecule has 69 valence electrons. The van der Waals surface area contributed by atoms with Gasteiger partial charge in [0.05, 0.1) is 0 Å². The van der Waals surface area contributed by atoms with E-state index < -0.39 is 0 Å². The maximum atomic E-state index is 11.0. The summed E-state index contributed by atoms with van der Waals surface area (Å²) in [6.07, 6.45) is 4.84. The number of carbonyl (C=O) groups is 1. The first-order valence-electron chi connectivity index (χ1n) is 4.50. The van der Waals surface area contributed by atoms with Crippen molar-refractivity contribution in [3.05, 3.63) is 11.1 Å². The molecule has 13 heavy (non-hydrogen) atoms. The summed E-state index contributed by atoms with van der Waals surface area (Å²) in [5, 5.41) is 4.72. The standard InChI is InChI=1S/C9H11N2OS/c1-2-8(12)11-9-10-5-7(13-9)6-3-4-6/h5-6H,2-4H2,1H3. The van der Waals surface area contributed by atoms with Crippen molar-refractivity contribution < 1.29 is 4.79 Å². The van der Waals surface area contributed by atoms with Crippen LogP contribution in [0.3, 0.4) is 0 Å². The van der Waals surface area contributed by atoms with Crippen LogP contribution < -0.4 is 5.32 Å². The predicted octanol–water partition coefficient (Wildman–Crippen LogP) is 1.88.